The summed E-state index contributed by atoms with van der Waals surface area (Å²) in [4.78, 5) is 12.1. The molecule has 106 valence electrons. The van der Waals surface area contributed by atoms with E-state index in [-0.39, 0.29) is 12.3 Å². The molecule has 1 aromatic carbocycles. The maximum Gasteiger partial charge on any atom is 0.230 e. The fraction of sp³-hybridized carbons (Fsp3) is 0.267. The van der Waals surface area contributed by atoms with Gasteiger partial charge in [0.15, 0.2) is 5.82 Å². The number of benzene rings is 1. The number of nitriles is 1. The maximum atomic E-state index is 12.1. The first-order valence-electron chi connectivity index (χ1n) is 6.69. The largest absolute Gasteiger partial charge is 0.376 e. The number of rotatable bonds is 3. The third kappa shape index (κ3) is 2.93. The van der Waals surface area contributed by atoms with Gasteiger partial charge in [-0.2, -0.15) is 10.4 Å². The summed E-state index contributed by atoms with van der Waals surface area (Å²) in [7, 11) is 0. The van der Waals surface area contributed by atoms with Crippen LogP contribution in [0.2, 0.25) is 0 Å². The van der Waals surface area contributed by atoms with E-state index in [2.05, 4.69) is 21.6 Å². The molecule has 6 nitrogen and oxygen atoms in total. The number of hydrogen-bond acceptors (Lipinski definition) is 4. The highest BCUT2D eigenvalue weighted by Gasteiger charge is 2.18. The number of aromatic nitrogens is 2. The summed E-state index contributed by atoms with van der Waals surface area (Å²) in [6.45, 7) is 1.13. The number of nitrogens with one attached hydrogen (secondary N) is 2. The van der Waals surface area contributed by atoms with E-state index in [0.29, 0.717) is 24.6 Å². The van der Waals surface area contributed by atoms with Crippen LogP contribution in [0.15, 0.2) is 24.3 Å². The van der Waals surface area contributed by atoms with Gasteiger partial charge in [0.25, 0.3) is 0 Å². The predicted molar refractivity (Wildman–Crippen MR) is 75.4 cm³/mol. The fourth-order valence-electron chi connectivity index (χ4n) is 2.33. The lowest BCUT2D eigenvalue weighted by atomic mass is 10.1. The third-order valence-corrected chi connectivity index (χ3v) is 3.37. The zero-order valence-electron chi connectivity index (χ0n) is 11.3. The molecule has 0 radical (unpaired) electrons. The summed E-state index contributed by atoms with van der Waals surface area (Å²) < 4.78 is 5.38. The minimum absolute atomic E-state index is 0.162. The van der Waals surface area contributed by atoms with Crippen molar-refractivity contribution in [2.24, 2.45) is 0 Å². The minimum Gasteiger partial charge on any atom is -0.376 e. The van der Waals surface area contributed by atoms with Crippen molar-refractivity contribution in [3.05, 3.63) is 46.6 Å². The Kier molecular flexibility index (Phi) is 3.67. The fourth-order valence-corrected chi connectivity index (χ4v) is 2.33. The molecule has 3 rings (SSSR count). The Balaban J connectivity index is 1.69. The molecule has 0 fully saturated rings. The third-order valence-electron chi connectivity index (χ3n) is 3.37. The van der Waals surface area contributed by atoms with Crippen molar-refractivity contribution in [3.8, 4) is 6.07 Å². The highest BCUT2D eigenvalue weighted by Crippen LogP contribution is 2.22. The van der Waals surface area contributed by atoms with Crippen LogP contribution >= 0.6 is 0 Å². The highest BCUT2D eigenvalue weighted by atomic mass is 16.5. The van der Waals surface area contributed by atoms with E-state index >= 15 is 0 Å². The zero-order chi connectivity index (χ0) is 14.7. The average molecular weight is 282 g/mol. The Bertz CT molecular complexity index is 715. The van der Waals surface area contributed by atoms with Crippen LogP contribution in [0.5, 0.6) is 0 Å². The van der Waals surface area contributed by atoms with E-state index in [4.69, 9.17) is 10.00 Å². The molecule has 21 heavy (non-hydrogen) atoms. The Labute approximate surface area is 121 Å². The molecule has 1 aliphatic rings. The lowest BCUT2D eigenvalue weighted by molar-refractivity contribution is -0.115. The van der Waals surface area contributed by atoms with Crippen molar-refractivity contribution < 1.29 is 9.53 Å². The van der Waals surface area contributed by atoms with Crippen LogP contribution in [0, 0.1) is 11.3 Å². The second kappa shape index (κ2) is 5.77. The smallest absolute Gasteiger partial charge is 0.230 e. The Hall–Kier alpha value is -2.65. The van der Waals surface area contributed by atoms with Gasteiger partial charge in [-0.25, -0.2) is 0 Å². The Morgan fingerprint density at radius 1 is 1.52 bits per heavy atom. The van der Waals surface area contributed by atoms with Crippen LogP contribution in [0.3, 0.4) is 0 Å². The van der Waals surface area contributed by atoms with Gasteiger partial charge in [0.1, 0.15) is 0 Å². The van der Waals surface area contributed by atoms with Gasteiger partial charge in [0.05, 0.1) is 31.3 Å². The van der Waals surface area contributed by atoms with Crippen LogP contribution in [-0.2, 0) is 29.0 Å². The number of fused-ring (bicyclic) bond motifs is 1. The molecule has 0 aliphatic carbocycles. The van der Waals surface area contributed by atoms with E-state index in [1.54, 1.807) is 18.2 Å². The van der Waals surface area contributed by atoms with Crippen LogP contribution in [-0.4, -0.2) is 22.7 Å². The van der Waals surface area contributed by atoms with Gasteiger partial charge in [-0.3, -0.25) is 9.89 Å². The average Bonchev–Trinajstić information content (AvgIpc) is 2.91. The quantitative estimate of drug-likeness (QED) is 0.893. The standard InChI is InChI=1S/C15H14N4O2/c16-8-11-3-1-2-10(6-11)7-14(20)17-15-12-9-21-5-4-13(12)18-19-15/h1-3,6H,4-5,7,9H2,(H2,17,18,19,20). The first kappa shape index (κ1) is 13.3. The second-order valence-corrected chi connectivity index (χ2v) is 4.87. The summed E-state index contributed by atoms with van der Waals surface area (Å²) >= 11 is 0. The normalized spacial score (nSPS) is 13.3. The van der Waals surface area contributed by atoms with Gasteiger partial charge in [0, 0.05) is 17.7 Å². The molecular weight excluding hydrogens is 268 g/mol. The van der Waals surface area contributed by atoms with Crippen molar-refractivity contribution in [2.45, 2.75) is 19.4 Å². The van der Waals surface area contributed by atoms with Gasteiger partial charge in [-0.15, -0.1) is 0 Å². The van der Waals surface area contributed by atoms with Crippen molar-refractivity contribution >= 4 is 11.7 Å². The molecule has 0 spiro atoms. The lowest BCUT2D eigenvalue weighted by Gasteiger charge is -2.12. The molecule has 2 heterocycles. The minimum atomic E-state index is -0.162. The van der Waals surface area contributed by atoms with Crippen molar-refractivity contribution in [1.82, 2.24) is 10.2 Å². The number of H-pyrrole nitrogens is 1. The topological polar surface area (TPSA) is 90.8 Å². The number of anilines is 1. The molecule has 0 saturated heterocycles. The molecule has 1 amide bonds. The molecule has 0 bridgehead atoms. The Morgan fingerprint density at radius 2 is 2.43 bits per heavy atom. The summed E-state index contributed by atoms with van der Waals surface area (Å²) in [6, 6.07) is 9.08. The number of nitrogens with zero attached hydrogens (tertiary/aromatic N) is 2. The van der Waals surface area contributed by atoms with Crippen molar-refractivity contribution in [1.29, 1.82) is 5.26 Å². The summed E-state index contributed by atoms with van der Waals surface area (Å²) in [5.41, 5.74) is 3.28. The SMILES string of the molecule is N#Cc1cccc(CC(=O)Nc2n[nH]c3c2COCC3)c1. The number of carbonyl (C=O) groups is 1. The molecule has 2 N–H and O–H groups in total. The van der Waals surface area contributed by atoms with E-state index < -0.39 is 0 Å². The molecule has 1 aliphatic heterocycles. The molecular formula is C15H14N4O2. The maximum absolute atomic E-state index is 12.1. The van der Waals surface area contributed by atoms with E-state index in [1.807, 2.05) is 6.07 Å². The van der Waals surface area contributed by atoms with Crippen LogP contribution in [0.1, 0.15) is 22.4 Å². The van der Waals surface area contributed by atoms with Gasteiger partial charge < -0.3 is 10.1 Å². The van der Waals surface area contributed by atoms with Gasteiger partial charge >= 0.3 is 0 Å². The summed E-state index contributed by atoms with van der Waals surface area (Å²) in [6.07, 6.45) is 0.987. The highest BCUT2D eigenvalue weighted by molar-refractivity contribution is 5.92. The zero-order valence-corrected chi connectivity index (χ0v) is 11.3. The number of ether oxygens (including phenoxy) is 1. The second-order valence-electron chi connectivity index (χ2n) is 4.87. The molecule has 2 aromatic rings. The number of aromatic amines is 1. The predicted octanol–water partition coefficient (Wildman–Crippen LogP) is 1.54. The number of hydrogen-bond donors (Lipinski definition) is 2. The van der Waals surface area contributed by atoms with E-state index in [9.17, 15) is 4.79 Å². The summed E-state index contributed by atoms with van der Waals surface area (Å²) in [5, 5.41) is 18.7. The van der Waals surface area contributed by atoms with Gasteiger partial charge in [-0.05, 0) is 17.7 Å². The molecule has 0 atom stereocenters. The van der Waals surface area contributed by atoms with E-state index in [1.165, 1.54) is 0 Å². The van der Waals surface area contributed by atoms with Crippen molar-refractivity contribution in [2.75, 3.05) is 11.9 Å². The van der Waals surface area contributed by atoms with Crippen LogP contribution < -0.4 is 5.32 Å². The first-order chi connectivity index (χ1) is 10.3. The number of amides is 1. The molecule has 1 aromatic heterocycles. The first-order valence-corrected chi connectivity index (χ1v) is 6.69. The lowest BCUT2D eigenvalue weighted by Crippen LogP contribution is -2.17. The number of carbonyl (C=O) groups excluding carboxylic acids is 1. The van der Waals surface area contributed by atoms with Gasteiger partial charge in [0.2, 0.25) is 5.91 Å². The van der Waals surface area contributed by atoms with Crippen LogP contribution in [0.4, 0.5) is 5.82 Å². The molecule has 0 unspecified atom stereocenters. The van der Waals surface area contributed by atoms with Gasteiger partial charge in [-0.1, -0.05) is 12.1 Å². The molecule has 0 saturated carbocycles. The molecule has 6 heteroatoms. The van der Waals surface area contributed by atoms with Crippen molar-refractivity contribution in [3.63, 3.8) is 0 Å². The van der Waals surface area contributed by atoms with Crippen LogP contribution in [0.25, 0.3) is 0 Å². The monoisotopic (exact) mass is 282 g/mol. The summed E-state index contributed by atoms with van der Waals surface area (Å²) in [5.74, 6) is 0.371. The van der Waals surface area contributed by atoms with E-state index in [0.717, 1.165) is 23.2 Å². The Morgan fingerprint density at radius 3 is 3.29 bits per heavy atom.